The van der Waals surface area contributed by atoms with Gasteiger partial charge in [-0.05, 0) is 39.5 Å². The molecule has 0 saturated heterocycles. The summed E-state index contributed by atoms with van der Waals surface area (Å²) >= 11 is 0. The van der Waals surface area contributed by atoms with Crippen molar-refractivity contribution in [3.8, 4) is 0 Å². The number of hydrogen-bond donors (Lipinski definition) is 2. The van der Waals surface area contributed by atoms with Crippen LogP contribution in [0.3, 0.4) is 0 Å². The predicted molar refractivity (Wildman–Crippen MR) is 83.3 cm³/mol. The molecular formula is C16H31NO4. The molecule has 0 bridgehead atoms. The molecule has 124 valence electrons. The minimum absolute atomic E-state index is 0.107. The summed E-state index contributed by atoms with van der Waals surface area (Å²) in [5.74, 6) is -0.547. The highest BCUT2D eigenvalue weighted by molar-refractivity contribution is 5.76. The molecule has 0 aliphatic heterocycles. The quantitative estimate of drug-likeness (QED) is 0.714. The van der Waals surface area contributed by atoms with E-state index < -0.39 is 23.1 Å². The average Bonchev–Trinajstić information content (AvgIpc) is 2.33. The number of aliphatic carboxylic acids is 1. The van der Waals surface area contributed by atoms with Crippen LogP contribution in [0.25, 0.3) is 0 Å². The van der Waals surface area contributed by atoms with Gasteiger partial charge in [0.15, 0.2) is 0 Å². The Kier molecular flexibility index (Phi) is 7.75. The molecule has 21 heavy (non-hydrogen) atoms. The van der Waals surface area contributed by atoms with E-state index in [1.807, 2.05) is 20.8 Å². The smallest absolute Gasteiger partial charge is 0.407 e. The largest absolute Gasteiger partial charge is 0.481 e. The Morgan fingerprint density at radius 2 is 1.81 bits per heavy atom. The first-order valence-electron chi connectivity index (χ1n) is 7.76. The number of amides is 1. The summed E-state index contributed by atoms with van der Waals surface area (Å²) in [5.41, 5.74) is -1.50. The lowest BCUT2D eigenvalue weighted by atomic mass is 9.75. The van der Waals surface area contributed by atoms with Gasteiger partial charge in [0.1, 0.15) is 5.60 Å². The van der Waals surface area contributed by atoms with Crippen molar-refractivity contribution in [2.24, 2.45) is 11.3 Å². The predicted octanol–water partition coefficient (Wildman–Crippen LogP) is 3.82. The highest BCUT2D eigenvalue weighted by Crippen LogP contribution is 2.33. The van der Waals surface area contributed by atoms with E-state index in [-0.39, 0.29) is 6.54 Å². The van der Waals surface area contributed by atoms with E-state index in [9.17, 15) is 14.7 Å². The van der Waals surface area contributed by atoms with Gasteiger partial charge in [-0.2, -0.15) is 0 Å². The number of carboxylic acids is 1. The van der Waals surface area contributed by atoms with E-state index in [1.54, 1.807) is 20.8 Å². The van der Waals surface area contributed by atoms with Crippen molar-refractivity contribution in [3.63, 3.8) is 0 Å². The fourth-order valence-electron chi connectivity index (χ4n) is 2.38. The molecule has 0 aliphatic rings. The second-order valence-corrected chi connectivity index (χ2v) is 6.91. The molecule has 0 radical (unpaired) electrons. The minimum Gasteiger partial charge on any atom is -0.481 e. The third kappa shape index (κ3) is 7.34. The highest BCUT2D eigenvalue weighted by Gasteiger charge is 2.39. The summed E-state index contributed by atoms with van der Waals surface area (Å²) in [6.45, 7) is 11.5. The maximum absolute atomic E-state index is 11.8. The van der Waals surface area contributed by atoms with Crippen molar-refractivity contribution in [1.29, 1.82) is 0 Å². The lowest BCUT2D eigenvalue weighted by Gasteiger charge is -2.32. The van der Waals surface area contributed by atoms with Gasteiger partial charge in [0, 0.05) is 6.54 Å². The van der Waals surface area contributed by atoms with E-state index in [2.05, 4.69) is 5.32 Å². The second-order valence-electron chi connectivity index (χ2n) is 6.91. The van der Waals surface area contributed by atoms with Crippen LogP contribution in [0.4, 0.5) is 4.79 Å². The number of carboxylic acid groups (broad SMARTS) is 1. The molecule has 2 N–H and O–H groups in total. The number of carbonyl (C=O) groups is 2. The van der Waals surface area contributed by atoms with Crippen LogP contribution in [0, 0.1) is 11.3 Å². The van der Waals surface area contributed by atoms with E-state index >= 15 is 0 Å². The first-order chi connectivity index (χ1) is 9.56. The summed E-state index contributed by atoms with van der Waals surface area (Å²) in [5, 5.41) is 12.3. The molecule has 0 saturated carbocycles. The number of alkyl carbamates (subject to hydrolysis) is 1. The molecule has 0 rings (SSSR count). The first kappa shape index (κ1) is 19.7. The fourth-order valence-corrected chi connectivity index (χ4v) is 2.38. The van der Waals surface area contributed by atoms with Gasteiger partial charge in [0.2, 0.25) is 0 Å². The SMILES string of the molecule is CCCC(CNC(=O)OC(C)(C)C)(CC(C)CC)C(=O)O. The summed E-state index contributed by atoms with van der Waals surface area (Å²) in [7, 11) is 0. The van der Waals surface area contributed by atoms with Crippen LogP contribution in [-0.4, -0.2) is 29.3 Å². The van der Waals surface area contributed by atoms with Crippen molar-refractivity contribution in [2.45, 2.75) is 72.8 Å². The lowest BCUT2D eigenvalue weighted by molar-refractivity contribution is -0.150. The Labute approximate surface area is 128 Å². The van der Waals surface area contributed by atoms with Crippen LogP contribution in [0.15, 0.2) is 0 Å². The molecule has 0 aliphatic carbocycles. The zero-order valence-electron chi connectivity index (χ0n) is 14.3. The number of ether oxygens (including phenoxy) is 1. The number of nitrogens with one attached hydrogen (secondary N) is 1. The van der Waals surface area contributed by atoms with Crippen molar-refractivity contribution in [3.05, 3.63) is 0 Å². The molecule has 0 fully saturated rings. The van der Waals surface area contributed by atoms with Gasteiger partial charge in [-0.3, -0.25) is 4.79 Å². The third-order valence-electron chi connectivity index (χ3n) is 3.59. The minimum atomic E-state index is -0.916. The Balaban J connectivity index is 4.89. The molecule has 0 heterocycles. The van der Waals surface area contributed by atoms with E-state index in [0.717, 1.165) is 12.8 Å². The van der Waals surface area contributed by atoms with Gasteiger partial charge in [-0.1, -0.05) is 33.6 Å². The van der Waals surface area contributed by atoms with Crippen LogP contribution in [0.1, 0.15) is 67.2 Å². The lowest BCUT2D eigenvalue weighted by Crippen LogP contribution is -2.45. The van der Waals surface area contributed by atoms with E-state index in [0.29, 0.717) is 18.8 Å². The Morgan fingerprint density at radius 1 is 1.24 bits per heavy atom. The molecule has 2 atom stereocenters. The highest BCUT2D eigenvalue weighted by atomic mass is 16.6. The van der Waals surface area contributed by atoms with Crippen molar-refractivity contribution in [1.82, 2.24) is 5.32 Å². The topological polar surface area (TPSA) is 75.6 Å². The van der Waals surface area contributed by atoms with Crippen LogP contribution in [0.2, 0.25) is 0 Å². The van der Waals surface area contributed by atoms with Crippen LogP contribution < -0.4 is 5.32 Å². The van der Waals surface area contributed by atoms with Crippen molar-refractivity contribution in [2.75, 3.05) is 6.54 Å². The Bertz CT molecular complexity index is 349. The Morgan fingerprint density at radius 3 is 2.19 bits per heavy atom. The zero-order valence-corrected chi connectivity index (χ0v) is 14.3. The molecule has 0 aromatic heterocycles. The van der Waals surface area contributed by atoms with E-state index in [1.165, 1.54) is 0 Å². The van der Waals surface area contributed by atoms with Crippen molar-refractivity contribution < 1.29 is 19.4 Å². The number of hydrogen-bond acceptors (Lipinski definition) is 3. The summed E-state index contributed by atoms with van der Waals surface area (Å²) in [6, 6.07) is 0. The Hall–Kier alpha value is -1.26. The van der Waals surface area contributed by atoms with Gasteiger partial charge < -0.3 is 15.2 Å². The molecule has 1 amide bonds. The van der Waals surface area contributed by atoms with Gasteiger partial charge in [-0.25, -0.2) is 4.79 Å². The van der Waals surface area contributed by atoms with E-state index in [4.69, 9.17) is 4.74 Å². The van der Waals surface area contributed by atoms with Crippen LogP contribution >= 0.6 is 0 Å². The molecule has 0 aromatic carbocycles. The summed E-state index contributed by atoms with van der Waals surface area (Å²) in [4.78, 5) is 23.5. The van der Waals surface area contributed by atoms with Crippen molar-refractivity contribution >= 4 is 12.1 Å². The van der Waals surface area contributed by atoms with Gasteiger partial charge in [0.05, 0.1) is 5.41 Å². The first-order valence-corrected chi connectivity index (χ1v) is 7.76. The summed E-state index contributed by atoms with van der Waals surface area (Å²) < 4.78 is 5.18. The normalized spacial score (nSPS) is 15.9. The van der Waals surface area contributed by atoms with Gasteiger partial charge in [0.25, 0.3) is 0 Å². The third-order valence-corrected chi connectivity index (χ3v) is 3.59. The fraction of sp³-hybridized carbons (Fsp3) is 0.875. The van der Waals surface area contributed by atoms with Gasteiger partial charge >= 0.3 is 12.1 Å². The molecule has 5 heteroatoms. The standard InChI is InChI=1S/C16H31NO4/c1-7-9-16(13(18)19,10-12(3)8-2)11-17-14(20)21-15(4,5)6/h12H,7-11H2,1-6H3,(H,17,20)(H,18,19). The monoisotopic (exact) mass is 301 g/mol. The second kappa shape index (κ2) is 8.25. The molecule has 0 spiro atoms. The molecule has 5 nitrogen and oxygen atoms in total. The zero-order chi connectivity index (χ0) is 16.7. The maximum Gasteiger partial charge on any atom is 0.407 e. The maximum atomic E-state index is 11.8. The van der Waals surface area contributed by atoms with Crippen LogP contribution in [0.5, 0.6) is 0 Å². The molecule has 2 unspecified atom stereocenters. The summed E-state index contributed by atoms with van der Waals surface area (Å²) in [6.07, 6.45) is 2.22. The average molecular weight is 301 g/mol. The van der Waals surface area contributed by atoms with Gasteiger partial charge in [-0.15, -0.1) is 0 Å². The molecule has 0 aromatic rings. The number of carbonyl (C=O) groups excluding carboxylic acids is 1. The molecular weight excluding hydrogens is 270 g/mol. The number of rotatable bonds is 8. The van der Waals surface area contributed by atoms with Crippen LogP contribution in [-0.2, 0) is 9.53 Å².